The highest BCUT2D eigenvalue weighted by atomic mass is 19.4. The average molecular weight is 1110 g/mol. The molecule has 2 aromatic heterocycles. The van der Waals surface area contributed by atoms with Crippen molar-refractivity contribution in [1.29, 1.82) is 21.0 Å². The van der Waals surface area contributed by atoms with Gasteiger partial charge in [-0.15, -0.1) is 0 Å². The smallest absolute Gasteiger partial charge is 0.308 e. The lowest BCUT2D eigenvalue weighted by molar-refractivity contribution is -0.137. The Hall–Kier alpha value is -13.5. The molecule has 10 aromatic carbocycles. The van der Waals surface area contributed by atoms with Crippen LogP contribution in [0.3, 0.4) is 0 Å². The molecule has 0 bridgehead atoms. The van der Waals surface area contributed by atoms with Crippen molar-refractivity contribution < 1.29 is 13.2 Å². The molecule has 394 valence electrons. The fourth-order valence-corrected chi connectivity index (χ4v) is 11.3. The van der Waals surface area contributed by atoms with Crippen LogP contribution in [0.4, 0.5) is 47.3 Å². The van der Waals surface area contributed by atoms with Gasteiger partial charge in [0.05, 0.1) is 114 Å². The number of hydrogen-bond donors (Lipinski definition) is 0. The predicted molar refractivity (Wildman–Crippen MR) is 324 cm³/mol. The lowest BCUT2D eigenvalue weighted by Gasteiger charge is -2.22. The van der Waals surface area contributed by atoms with E-state index in [9.17, 15) is 21.0 Å². The van der Waals surface area contributed by atoms with Gasteiger partial charge in [0.25, 0.3) is 0 Å². The zero-order chi connectivity index (χ0) is 60.1. The van der Waals surface area contributed by atoms with Crippen LogP contribution in [-0.4, -0.2) is 9.13 Å². The lowest BCUT2D eigenvalue weighted by Crippen LogP contribution is -2.08. The normalized spacial score (nSPS) is 10.8. The molecule has 12 rings (SSSR count). The number of nitrogens with zero attached hydrogens (tertiary/aromatic N) is 12. The zero-order valence-corrected chi connectivity index (χ0v) is 44.2. The van der Waals surface area contributed by atoms with Crippen molar-refractivity contribution in [2.45, 2.75) is 6.18 Å². The van der Waals surface area contributed by atoms with Crippen molar-refractivity contribution in [2.24, 2.45) is 0 Å². The van der Waals surface area contributed by atoms with Crippen molar-refractivity contribution in [3.05, 3.63) is 272 Å². The summed E-state index contributed by atoms with van der Waals surface area (Å²) in [7, 11) is 0. The molecular formula is C71H29F3N12. The second-order valence-electron chi connectivity index (χ2n) is 19.8. The SMILES string of the molecule is [C-]#[N+]c1cc(C#N)cc(-c2ccc3c(c2)c2cc(-c4cc([N+]#[C-])cc([N+]#[C-])c4)ccc2n3-c2cc([N+]#[C-])c(-c3c([N+]#[C-])cccc3C(F)(F)F)cc2-n2c3ccc(-c4cc(C#N)cc(C#N)c4)cc3c3cc(-c4cc(C#N)cc([N+]#[C-])c4)ccc32)c1. The maximum atomic E-state index is 15.4. The van der Waals surface area contributed by atoms with Crippen LogP contribution in [0.5, 0.6) is 0 Å². The summed E-state index contributed by atoms with van der Waals surface area (Å²) in [6.07, 6.45) is -4.98. The average Bonchev–Trinajstić information content (AvgIpc) is 1.57. The summed E-state index contributed by atoms with van der Waals surface area (Å²) >= 11 is 0. The molecule has 15 heteroatoms. The van der Waals surface area contributed by atoms with Crippen molar-refractivity contribution >= 4 is 77.7 Å². The van der Waals surface area contributed by atoms with Crippen LogP contribution in [0.25, 0.3) is 140 Å². The van der Waals surface area contributed by atoms with Gasteiger partial charge in [0.2, 0.25) is 0 Å². The van der Waals surface area contributed by atoms with Gasteiger partial charge in [-0.05, 0) is 171 Å². The summed E-state index contributed by atoms with van der Waals surface area (Å²) in [5.74, 6) is 0. The molecule has 0 aliphatic carbocycles. The van der Waals surface area contributed by atoms with Crippen LogP contribution in [0.1, 0.15) is 27.8 Å². The monoisotopic (exact) mass is 1110 g/mol. The third-order valence-corrected chi connectivity index (χ3v) is 15.0. The van der Waals surface area contributed by atoms with Gasteiger partial charge in [0.15, 0.2) is 34.1 Å². The van der Waals surface area contributed by atoms with Crippen LogP contribution in [0.2, 0.25) is 0 Å². The molecule has 0 aliphatic heterocycles. The topological polar surface area (TPSA) is 131 Å². The molecule has 0 saturated carbocycles. The quantitative estimate of drug-likeness (QED) is 0.147. The third-order valence-electron chi connectivity index (χ3n) is 15.0. The van der Waals surface area contributed by atoms with Crippen molar-refractivity contribution in [2.75, 3.05) is 0 Å². The summed E-state index contributed by atoms with van der Waals surface area (Å²) in [4.78, 5) is 22.0. The maximum Gasteiger partial charge on any atom is 0.415 e. The van der Waals surface area contributed by atoms with Gasteiger partial charge in [0.1, 0.15) is 0 Å². The van der Waals surface area contributed by atoms with Gasteiger partial charge in [-0.25, -0.2) is 29.1 Å². The van der Waals surface area contributed by atoms with Crippen LogP contribution < -0.4 is 0 Å². The molecule has 0 saturated heterocycles. The largest absolute Gasteiger partial charge is 0.415 e. The van der Waals surface area contributed by atoms with Crippen molar-refractivity contribution in [3.63, 3.8) is 0 Å². The van der Waals surface area contributed by atoms with Gasteiger partial charge in [-0.2, -0.15) is 34.2 Å². The first kappa shape index (κ1) is 53.1. The van der Waals surface area contributed by atoms with E-state index in [1.165, 1.54) is 42.5 Å². The first-order valence-electron chi connectivity index (χ1n) is 25.8. The van der Waals surface area contributed by atoms with Crippen molar-refractivity contribution in [1.82, 2.24) is 9.13 Å². The molecular weight excluding hydrogens is 1080 g/mol. The number of rotatable bonds is 7. The van der Waals surface area contributed by atoms with Gasteiger partial charge >= 0.3 is 6.18 Å². The van der Waals surface area contributed by atoms with E-state index in [4.69, 9.17) is 39.4 Å². The minimum absolute atomic E-state index is 0.188. The van der Waals surface area contributed by atoms with Crippen LogP contribution >= 0.6 is 0 Å². The predicted octanol–water partition coefficient (Wildman–Crippen LogP) is 20.0. The molecule has 0 unspecified atom stereocenters. The minimum atomic E-state index is -4.98. The highest BCUT2D eigenvalue weighted by molar-refractivity contribution is 6.15. The number of benzene rings is 10. The minimum Gasteiger partial charge on any atom is -0.308 e. The summed E-state index contributed by atoms with van der Waals surface area (Å²) in [6, 6.07) is 56.2. The van der Waals surface area contributed by atoms with Crippen LogP contribution in [-0.2, 0) is 6.18 Å². The van der Waals surface area contributed by atoms with E-state index in [0.29, 0.717) is 93.8 Å². The molecule has 0 spiro atoms. The fourth-order valence-electron chi connectivity index (χ4n) is 11.3. The number of nitriles is 4. The lowest BCUT2D eigenvalue weighted by atomic mass is 9.94. The van der Waals surface area contributed by atoms with E-state index < -0.39 is 17.3 Å². The van der Waals surface area contributed by atoms with E-state index >= 15 is 13.2 Å². The Morgan fingerprint density at radius 3 is 1.05 bits per heavy atom. The Labute approximate surface area is 488 Å². The molecule has 0 aliphatic rings. The molecule has 86 heavy (non-hydrogen) atoms. The van der Waals surface area contributed by atoms with E-state index in [-0.39, 0.29) is 67.6 Å². The molecule has 0 radical (unpaired) electrons. The Morgan fingerprint density at radius 1 is 0.337 bits per heavy atom. The summed E-state index contributed by atoms with van der Waals surface area (Å²) in [6.45, 7) is 48.2. The van der Waals surface area contributed by atoms with Crippen LogP contribution in [0.15, 0.2) is 176 Å². The van der Waals surface area contributed by atoms with E-state index in [1.807, 2.05) is 69.8 Å². The first-order valence-corrected chi connectivity index (χ1v) is 25.8. The molecule has 12 aromatic rings. The van der Waals surface area contributed by atoms with E-state index in [2.05, 4.69) is 53.3 Å². The highest BCUT2D eigenvalue weighted by Crippen LogP contribution is 2.50. The van der Waals surface area contributed by atoms with E-state index in [0.717, 1.165) is 12.1 Å². The number of fused-ring (bicyclic) bond motifs is 6. The third kappa shape index (κ3) is 9.00. The number of aromatic nitrogens is 2. The summed E-state index contributed by atoms with van der Waals surface area (Å²) in [5.41, 5.74) is 6.91. The Morgan fingerprint density at radius 2 is 0.686 bits per heavy atom. The Balaban J connectivity index is 1.25. The molecule has 2 heterocycles. The fraction of sp³-hybridized carbons (Fsp3) is 0.0141. The first-order chi connectivity index (χ1) is 41.7. The highest BCUT2D eigenvalue weighted by Gasteiger charge is 2.36. The standard InChI is InChI=1S/C71H29F3N12/c1-79-52-23-42(38-77)21-49(25-52)45-11-15-65-57(30-45)56-29-44(48-19-40(36-75)18-41(20-48)37-76)10-14-64(56)85(65)68-34-60(70-61(71(72,73)74)8-7-9-62(70)83-5)63(84-6)35-69(68)86-66-16-12-46(50-22-43(39-78)24-53(26-50)80-2)31-58(66)59-32-47(13-17-67(59)86)51-27-54(81-3)33-55(28-51)82-4/h7-35H. The molecule has 0 amide bonds. The molecule has 0 fully saturated rings. The summed E-state index contributed by atoms with van der Waals surface area (Å²) in [5, 5.41) is 42.6. The second-order valence-corrected chi connectivity index (χ2v) is 19.8. The number of halogens is 3. The molecule has 12 nitrogen and oxygen atoms in total. The molecule has 0 atom stereocenters. The van der Waals surface area contributed by atoms with Gasteiger partial charge in [-0.1, -0.05) is 60.7 Å². The van der Waals surface area contributed by atoms with Crippen LogP contribution in [0, 0.1) is 84.8 Å². The maximum absolute atomic E-state index is 15.4. The second kappa shape index (κ2) is 20.9. The van der Waals surface area contributed by atoms with Gasteiger partial charge < -0.3 is 9.13 Å². The molecule has 0 N–H and O–H groups in total. The number of alkyl halides is 3. The Bertz CT molecular complexity index is 5100. The Kier molecular flexibility index (Phi) is 12.9. The van der Waals surface area contributed by atoms with Crippen molar-refractivity contribution in [3.8, 4) is 91.3 Å². The number of hydrogen-bond acceptors (Lipinski definition) is 4. The van der Waals surface area contributed by atoms with E-state index in [1.54, 1.807) is 60.7 Å². The summed E-state index contributed by atoms with van der Waals surface area (Å²) < 4.78 is 50.1. The van der Waals surface area contributed by atoms with Gasteiger partial charge in [0, 0.05) is 32.7 Å². The van der Waals surface area contributed by atoms with Gasteiger partial charge in [-0.3, -0.25) is 0 Å². The zero-order valence-electron chi connectivity index (χ0n) is 44.2.